The molecule has 0 fully saturated rings. The molecule has 0 bridgehead atoms. The van der Waals surface area contributed by atoms with E-state index < -0.39 is 5.91 Å². The maximum atomic E-state index is 12.0. The summed E-state index contributed by atoms with van der Waals surface area (Å²) in [5, 5.41) is 6.13. The molecule has 0 aliphatic heterocycles. The minimum absolute atomic E-state index is 0.167. The standard InChI is InChI=1S/C21H22Cl2N2O4/c1-3-10-29-21-17(23)11-14(12-18(21)28-2)4-9-19(26)24-13-20(27)25-16-7-5-15(22)6-8-16/h4-9,11-12H,3,10,13H2,1-2H3,(H,24,26)(H,25,27)/b9-4+. The first kappa shape index (κ1) is 22.6. The van der Waals surface area contributed by atoms with E-state index in [4.69, 9.17) is 32.7 Å². The van der Waals surface area contributed by atoms with Crippen molar-refractivity contribution in [3.05, 3.63) is 58.1 Å². The molecule has 0 atom stereocenters. The normalized spacial score (nSPS) is 10.6. The van der Waals surface area contributed by atoms with Crippen molar-refractivity contribution in [2.24, 2.45) is 0 Å². The lowest BCUT2D eigenvalue weighted by molar-refractivity contribution is -0.121. The Labute approximate surface area is 179 Å². The van der Waals surface area contributed by atoms with Crippen LogP contribution >= 0.6 is 23.2 Å². The van der Waals surface area contributed by atoms with Gasteiger partial charge in [0.15, 0.2) is 11.5 Å². The number of anilines is 1. The smallest absolute Gasteiger partial charge is 0.244 e. The second-order valence-corrected chi connectivity index (χ2v) is 6.83. The van der Waals surface area contributed by atoms with E-state index in [-0.39, 0.29) is 12.5 Å². The molecule has 0 saturated heterocycles. The van der Waals surface area contributed by atoms with Crippen molar-refractivity contribution >= 4 is 46.8 Å². The van der Waals surface area contributed by atoms with Gasteiger partial charge in [-0.05, 0) is 54.5 Å². The van der Waals surface area contributed by atoms with Crippen LogP contribution in [0.4, 0.5) is 5.69 Å². The Morgan fingerprint density at radius 1 is 1.14 bits per heavy atom. The summed E-state index contributed by atoms with van der Waals surface area (Å²) in [5.74, 6) is 0.179. The lowest BCUT2D eigenvalue weighted by Crippen LogP contribution is -2.31. The third-order valence-corrected chi connectivity index (χ3v) is 4.21. The molecule has 8 heteroatoms. The Morgan fingerprint density at radius 3 is 2.52 bits per heavy atom. The van der Waals surface area contributed by atoms with Gasteiger partial charge in [-0.2, -0.15) is 0 Å². The zero-order valence-electron chi connectivity index (χ0n) is 16.1. The Bertz CT molecular complexity index is 883. The van der Waals surface area contributed by atoms with Crippen LogP contribution in [0.5, 0.6) is 11.5 Å². The summed E-state index contributed by atoms with van der Waals surface area (Å²) in [6.07, 6.45) is 3.73. The number of ether oxygens (including phenoxy) is 2. The largest absolute Gasteiger partial charge is 0.493 e. The highest BCUT2D eigenvalue weighted by atomic mass is 35.5. The number of benzene rings is 2. The van der Waals surface area contributed by atoms with Crippen molar-refractivity contribution in [2.75, 3.05) is 25.6 Å². The van der Waals surface area contributed by atoms with Crippen LogP contribution in [0.1, 0.15) is 18.9 Å². The summed E-state index contributed by atoms with van der Waals surface area (Å²) in [6, 6.07) is 10.1. The number of methoxy groups -OCH3 is 1. The third kappa shape index (κ3) is 7.33. The topological polar surface area (TPSA) is 76.7 Å². The van der Waals surface area contributed by atoms with Gasteiger partial charge >= 0.3 is 0 Å². The number of amides is 2. The molecule has 154 valence electrons. The first-order valence-electron chi connectivity index (χ1n) is 8.94. The van der Waals surface area contributed by atoms with Gasteiger partial charge in [-0.1, -0.05) is 30.1 Å². The summed E-state index contributed by atoms with van der Waals surface area (Å²) in [4.78, 5) is 23.9. The molecule has 2 N–H and O–H groups in total. The van der Waals surface area contributed by atoms with Crippen LogP contribution in [0.25, 0.3) is 6.08 Å². The van der Waals surface area contributed by atoms with E-state index in [1.165, 1.54) is 13.2 Å². The number of hydrogen-bond donors (Lipinski definition) is 2. The molecule has 6 nitrogen and oxygen atoms in total. The number of nitrogens with one attached hydrogen (secondary N) is 2. The summed E-state index contributed by atoms with van der Waals surface area (Å²) < 4.78 is 10.9. The fourth-order valence-electron chi connectivity index (χ4n) is 2.32. The molecule has 0 unspecified atom stereocenters. The maximum Gasteiger partial charge on any atom is 0.244 e. The van der Waals surface area contributed by atoms with Gasteiger partial charge in [0, 0.05) is 16.8 Å². The summed E-state index contributed by atoms with van der Waals surface area (Å²) in [6.45, 7) is 2.34. The number of carbonyl (C=O) groups excluding carboxylic acids is 2. The first-order valence-corrected chi connectivity index (χ1v) is 9.70. The molecule has 0 saturated carbocycles. The molecular formula is C21H22Cl2N2O4. The van der Waals surface area contributed by atoms with Gasteiger partial charge in [0.05, 0.1) is 25.3 Å². The fraction of sp³-hybridized carbons (Fsp3) is 0.238. The van der Waals surface area contributed by atoms with Gasteiger partial charge in [-0.3, -0.25) is 9.59 Å². The van der Waals surface area contributed by atoms with E-state index in [1.54, 1.807) is 42.5 Å². The SMILES string of the molecule is CCCOc1c(Cl)cc(/C=C/C(=O)NCC(=O)Nc2ccc(Cl)cc2)cc1OC. The maximum absolute atomic E-state index is 12.0. The lowest BCUT2D eigenvalue weighted by Gasteiger charge is -2.12. The Balaban J connectivity index is 1.91. The minimum atomic E-state index is -0.419. The minimum Gasteiger partial charge on any atom is -0.493 e. The first-order chi connectivity index (χ1) is 13.9. The molecule has 0 radical (unpaired) electrons. The fourth-order valence-corrected chi connectivity index (χ4v) is 2.72. The second kappa shape index (κ2) is 11.3. The van der Waals surface area contributed by atoms with Gasteiger partial charge in [0.2, 0.25) is 11.8 Å². The number of hydrogen-bond acceptors (Lipinski definition) is 4. The summed E-state index contributed by atoms with van der Waals surface area (Å²) >= 11 is 12.0. The quantitative estimate of drug-likeness (QED) is 0.564. The Kier molecular flexibility index (Phi) is 8.83. The van der Waals surface area contributed by atoms with Gasteiger partial charge in [0.1, 0.15) is 0 Å². The van der Waals surface area contributed by atoms with Gasteiger partial charge in [0.25, 0.3) is 0 Å². The molecule has 29 heavy (non-hydrogen) atoms. The van der Waals surface area contributed by atoms with E-state index in [0.29, 0.717) is 39.4 Å². The Morgan fingerprint density at radius 2 is 1.86 bits per heavy atom. The second-order valence-electron chi connectivity index (χ2n) is 5.99. The van der Waals surface area contributed by atoms with Crippen LogP contribution in [0.15, 0.2) is 42.5 Å². The van der Waals surface area contributed by atoms with Crippen LogP contribution in [0, 0.1) is 0 Å². The van der Waals surface area contributed by atoms with Crippen LogP contribution < -0.4 is 20.1 Å². The van der Waals surface area contributed by atoms with Crippen LogP contribution in [0.3, 0.4) is 0 Å². The van der Waals surface area contributed by atoms with Crippen LogP contribution in [-0.2, 0) is 9.59 Å². The molecule has 0 heterocycles. The Hall–Kier alpha value is -2.70. The molecule has 0 aromatic heterocycles. The van der Waals surface area contributed by atoms with Crippen molar-refractivity contribution in [2.45, 2.75) is 13.3 Å². The van der Waals surface area contributed by atoms with Crippen molar-refractivity contribution in [3.8, 4) is 11.5 Å². The third-order valence-electron chi connectivity index (χ3n) is 3.68. The van der Waals surface area contributed by atoms with Crippen LogP contribution in [-0.4, -0.2) is 32.1 Å². The van der Waals surface area contributed by atoms with Gasteiger partial charge in [-0.15, -0.1) is 0 Å². The molecule has 2 aromatic rings. The van der Waals surface area contributed by atoms with Gasteiger partial charge in [-0.25, -0.2) is 0 Å². The predicted molar refractivity (Wildman–Crippen MR) is 116 cm³/mol. The molecule has 0 aliphatic rings. The van der Waals surface area contributed by atoms with Crippen molar-refractivity contribution < 1.29 is 19.1 Å². The molecule has 2 rings (SSSR count). The average Bonchev–Trinajstić information content (AvgIpc) is 2.71. The van der Waals surface area contributed by atoms with Crippen molar-refractivity contribution in [1.82, 2.24) is 5.32 Å². The van der Waals surface area contributed by atoms with E-state index in [1.807, 2.05) is 6.92 Å². The number of rotatable bonds is 9. The molecule has 0 spiro atoms. The predicted octanol–water partition coefficient (Wildman–Crippen LogP) is 4.56. The highest BCUT2D eigenvalue weighted by molar-refractivity contribution is 6.32. The highest BCUT2D eigenvalue weighted by Gasteiger charge is 2.11. The average molecular weight is 437 g/mol. The monoisotopic (exact) mass is 436 g/mol. The molecule has 2 amide bonds. The van der Waals surface area contributed by atoms with E-state index in [0.717, 1.165) is 6.42 Å². The van der Waals surface area contributed by atoms with Crippen LogP contribution in [0.2, 0.25) is 10.0 Å². The molecule has 2 aromatic carbocycles. The summed E-state index contributed by atoms with van der Waals surface area (Å²) in [7, 11) is 1.52. The highest BCUT2D eigenvalue weighted by Crippen LogP contribution is 2.36. The van der Waals surface area contributed by atoms with E-state index in [9.17, 15) is 9.59 Å². The summed E-state index contributed by atoms with van der Waals surface area (Å²) in [5.41, 5.74) is 1.26. The van der Waals surface area contributed by atoms with Crippen molar-refractivity contribution in [1.29, 1.82) is 0 Å². The number of halogens is 2. The van der Waals surface area contributed by atoms with Gasteiger partial charge < -0.3 is 20.1 Å². The molecular weight excluding hydrogens is 415 g/mol. The van der Waals surface area contributed by atoms with E-state index in [2.05, 4.69) is 10.6 Å². The number of carbonyl (C=O) groups is 2. The zero-order chi connectivity index (χ0) is 21.2. The lowest BCUT2D eigenvalue weighted by atomic mass is 10.2. The molecule has 0 aliphatic carbocycles. The van der Waals surface area contributed by atoms with Crippen molar-refractivity contribution in [3.63, 3.8) is 0 Å². The van der Waals surface area contributed by atoms with E-state index >= 15 is 0 Å². The zero-order valence-corrected chi connectivity index (χ0v) is 17.6.